The van der Waals surface area contributed by atoms with Gasteiger partial charge in [-0.05, 0) is 18.2 Å². The number of nitrogens with one attached hydrogen (secondary N) is 1. The van der Waals surface area contributed by atoms with Gasteiger partial charge in [-0.3, -0.25) is 9.78 Å². The first-order chi connectivity index (χ1) is 9.31. The SMILES string of the molecule is O=C(NC1CCSC1)c1ccncc1C#CCCO. The van der Waals surface area contributed by atoms with Crippen LogP contribution in [0, 0.1) is 11.8 Å². The summed E-state index contributed by atoms with van der Waals surface area (Å²) in [7, 11) is 0. The number of nitrogens with zero attached hydrogens (tertiary/aromatic N) is 1. The molecule has 1 fully saturated rings. The molecule has 2 heterocycles. The monoisotopic (exact) mass is 276 g/mol. The van der Waals surface area contributed by atoms with Gasteiger partial charge in [0.15, 0.2) is 0 Å². The van der Waals surface area contributed by atoms with Gasteiger partial charge in [0.2, 0.25) is 0 Å². The Morgan fingerprint density at radius 2 is 2.53 bits per heavy atom. The van der Waals surface area contributed by atoms with Crippen molar-refractivity contribution in [1.29, 1.82) is 0 Å². The molecule has 1 amide bonds. The van der Waals surface area contributed by atoms with Gasteiger partial charge in [-0.2, -0.15) is 11.8 Å². The Bertz CT molecular complexity index is 502. The maximum absolute atomic E-state index is 12.2. The van der Waals surface area contributed by atoms with Crippen LogP contribution in [0.25, 0.3) is 0 Å². The highest BCUT2D eigenvalue weighted by Crippen LogP contribution is 2.17. The summed E-state index contributed by atoms with van der Waals surface area (Å²) < 4.78 is 0. The minimum Gasteiger partial charge on any atom is -0.395 e. The van der Waals surface area contributed by atoms with Gasteiger partial charge >= 0.3 is 0 Å². The average Bonchev–Trinajstić information content (AvgIpc) is 2.92. The van der Waals surface area contributed by atoms with Crippen LogP contribution in [-0.4, -0.2) is 40.2 Å². The molecule has 19 heavy (non-hydrogen) atoms. The van der Waals surface area contributed by atoms with Crippen molar-refractivity contribution >= 4 is 17.7 Å². The van der Waals surface area contributed by atoms with Crippen LogP contribution < -0.4 is 5.32 Å². The Morgan fingerprint density at radius 3 is 3.26 bits per heavy atom. The number of thioether (sulfide) groups is 1. The number of aliphatic hydroxyl groups is 1. The highest BCUT2D eigenvalue weighted by molar-refractivity contribution is 7.99. The highest BCUT2D eigenvalue weighted by Gasteiger charge is 2.19. The minimum absolute atomic E-state index is 0.0219. The summed E-state index contributed by atoms with van der Waals surface area (Å²) in [6.07, 6.45) is 4.60. The van der Waals surface area contributed by atoms with Crippen LogP contribution in [0.15, 0.2) is 18.5 Å². The van der Waals surface area contributed by atoms with Crippen molar-refractivity contribution in [3.05, 3.63) is 29.6 Å². The summed E-state index contributed by atoms with van der Waals surface area (Å²) in [5, 5.41) is 11.7. The lowest BCUT2D eigenvalue weighted by molar-refractivity contribution is 0.0941. The van der Waals surface area contributed by atoms with Gasteiger partial charge in [0.1, 0.15) is 0 Å². The summed E-state index contributed by atoms with van der Waals surface area (Å²) in [4.78, 5) is 16.2. The molecule has 2 N–H and O–H groups in total. The second-order valence-electron chi connectivity index (χ2n) is 4.23. The first-order valence-electron chi connectivity index (χ1n) is 6.23. The van der Waals surface area contributed by atoms with Gasteiger partial charge in [0.05, 0.1) is 17.7 Å². The second kappa shape index (κ2) is 7.17. The van der Waals surface area contributed by atoms with E-state index in [-0.39, 0.29) is 18.6 Å². The smallest absolute Gasteiger partial charge is 0.252 e. The second-order valence-corrected chi connectivity index (χ2v) is 5.38. The quantitative estimate of drug-likeness (QED) is 0.810. The number of aromatic nitrogens is 1. The molecule has 0 bridgehead atoms. The molecule has 100 valence electrons. The number of amides is 1. The number of carbonyl (C=O) groups is 1. The Balaban J connectivity index is 2.10. The summed E-state index contributed by atoms with van der Waals surface area (Å²) in [6.45, 7) is 0.0219. The summed E-state index contributed by atoms with van der Waals surface area (Å²) in [5.74, 6) is 7.68. The Labute approximate surface area is 117 Å². The Kier molecular flexibility index (Phi) is 5.25. The van der Waals surface area contributed by atoms with Gasteiger partial charge < -0.3 is 10.4 Å². The van der Waals surface area contributed by atoms with Crippen molar-refractivity contribution in [2.24, 2.45) is 0 Å². The molecule has 5 heteroatoms. The fourth-order valence-corrected chi connectivity index (χ4v) is 2.97. The van der Waals surface area contributed by atoms with E-state index in [0.29, 0.717) is 17.5 Å². The number of aliphatic hydroxyl groups excluding tert-OH is 1. The van der Waals surface area contributed by atoms with E-state index in [0.717, 1.165) is 17.9 Å². The van der Waals surface area contributed by atoms with Gasteiger partial charge in [0, 0.05) is 30.6 Å². The highest BCUT2D eigenvalue weighted by atomic mass is 32.2. The molecule has 1 aliphatic rings. The van der Waals surface area contributed by atoms with Crippen LogP contribution in [0.1, 0.15) is 28.8 Å². The molecule has 0 radical (unpaired) electrons. The third-order valence-electron chi connectivity index (χ3n) is 2.79. The van der Waals surface area contributed by atoms with E-state index in [1.165, 1.54) is 0 Å². The van der Waals surface area contributed by atoms with Crippen LogP contribution in [0.5, 0.6) is 0 Å². The van der Waals surface area contributed by atoms with E-state index >= 15 is 0 Å². The molecule has 1 aromatic heterocycles. The molecule has 1 aromatic rings. The number of carbonyl (C=O) groups excluding carboxylic acids is 1. The molecule has 1 unspecified atom stereocenters. The lowest BCUT2D eigenvalue weighted by Gasteiger charge is -2.11. The van der Waals surface area contributed by atoms with Crippen molar-refractivity contribution in [2.45, 2.75) is 18.9 Å². The van der Waals surface area contributed by atoms with Crippen LogP contribution in [-0.2, 0) is 0 Å². The lowest BCUT2D eigenvalue weighted by atomic mass is 10.1. The Morgan fingerprint density at radius 1 is 1.63 bits per heavy atom. The third kappa shape index (κ3) is 3.98. The van der Waals surface area contributed by atoms with E-state index < -0.39 is 0 Å². The van der Waals surface area contributed by atoms with Gasteiger partial charge in [0.25, 0.3) is 5.91 Å². The average molecular weight is 276 g/mol. The van der Waals surface area contributed by atoms with E-state index in [1.807, 2.05) is 11.8 Å². The van der Waals surface area contributed by atoms with Crippen LogP contribution in [0.3, 0.4) is 0 Å². The summed E-state index contributed by atoms with van der Waals surface area (Å²) >= 11 is 1.86. The lowest BCUT2D eigenvalue weighted by Crippen LogP contribution is -2.35. The summed E-state index contributed by atoms with van der Waals surface area (Å²) in [6, 6.07) is 1.93. The first-order valence-corrected chi connectivity index (χ1v) is 7.39. The third-order valence-corrected chi connectivity index (χ3v) is 3.95. The van der Waals surface area contributed by atoms with Crippen molar-refractivity contribution in [1.82, 2.24) is 10.3 Å². The van der Waals surface area contributed by atoms with Crippen LogP contribution in [0.4, 0.5) is 0 Å². The van der Waals surface area contributed by atoms with Crippen molar-refractivity contribution in [2.75, 3.05) is 18.1 Å². The molecule has 1 saturated heterocycles. The number of hydrogen-bond donors (Lipinski definition) is 2. The fraction of sp³-hybridized carbons (Fsp3) is 0.429. The zero-order valence-electron chi connectivity index (χ0n) is 10.6. The fourth-order valence-electron chi connectivity index (χ4n) is 1.82. The Hall–Kier alpha value is -1.51. The molecule has 0 saturated carbocycles. The molecule has 1 aliphatic heterocycles. The zero-order valence-corrected chi connectivity index (χ0v) is 11.4. The standard InChI is InChI=1S/C14H16N2O2S/c17-7-2-1-3-11-9-15-6-4-13(11)14(18)16-12-5-8-19-10-12/h4,6,9,12,17H,2,5,7-8,10H2,(H,16,18). The molecule has 0 spiro atoms. The molecule has 4 nitrogen and oxygen atoms in total. The first kappa shape index (κ1) is 13.9. The molecule has 1 atom stereocenters. The molecular formula is C14H16N2O2S. The van der Waals surface area contributed by atoms with E-state index in [4.69, 9.17) is 5.11 Å². The predicted molar refractivity (Wildman–Crippen MR) is 76.0 cm³/mol. The van der Waals surface area contributed by atoms with E-state index in [9.17, 15) is 4.79 Å². The maximum atomic E-state index is 12.2. The molecule has 2 rings (SSSR count). The number of pyridine rings is 1. The van der Waals surface area contributed by atoms with Crippen molar-refractivity contribution in [3.8, 4) is 11.8 Å². The van der Waals surface area contributed by atoms with Crippen LogP contribution >= 0.6 is 11.8 Å². The normalized spacial score (nSPS) is 17.6. The zero-order chi connectivity index (χ0) is 13.5. The number of rotatable bonds is 3. The maximum Gasteiger partial charge on any atom is 0.252 e. The van der Waals surface area contributed by atoms with Crippen LogP contribution in [0.2, 0.25) is 0 Å². The van der Waals surface area contributed by atoms with Gasteiger partial charge in [-0.15, -0.1) is 0 Å². The minimum atomic E-state index is -0.0943. The van der Waals surface area contributed by atoms with Crippen molar-refractivity contribution in [3.63, 3.8) is 0 Å². The summed E-state index contributed by atoms with van der Waals surface area (Å²) in [5.41, 5.74) is 1.16. The predicted octanol–water partition coefficient (Wildman–Crippen LogP) is 1.05. The molecule has 0 aromatic carbocycles. The largest absolute Gasteiger partial charge is 0.395 e. The topological polar surface area (TPSA) is 62.2 Å². The van der Waals surface area contributed by atoms with E-state index in [1.54, 1.807) is 18.5 Å². The molecular weight excluding hydrogens is 260 g/mol. The van der Waals surface area contributed by atoms with Gasteiger partial charge in [-0.1, -0.05) is 11.8 Å². The number of hydrogen-bond acceptors (Lipinski definition) is 4. The van der Waals surface area contributed by atoms with Crippen molar-refractivity contribution < 1.29 is 9.90 Å². The van der Waals surface area contributed by atoms with Gasteiger partial charge in [-0.25, -0.2) is 0 Å². The molecule has 0 aliphatic carbocycles. The van der Waals surface area contributed by atoms with E-state index in [2.05, 4.69) is 22.1 Å².